The summed E-state index contributed by atoms with van der Waals surface area (Å²) in [5.74, 6) is 1.08. The maximum absolute atomic E-state index is 11.6. The number of hydrogen-bond donors (Lipinski definition) is 3. The molecule has 0 aliphatic heterocycles. The van der Waals surface area contributed by atoms with Gasteiger partial charge in [0, 0.05) is 0 Å². The van der Waals surface area contributed by atoms with Crippen LogP contribution in [0.5, 0.6) is 0 Å². The van der Waals surface area contributed by atoms with Crippen LogP contribution in [-0.4, -0.2) is 53.0 Å². The molecule has 3 N–H and O–H groups in total. The lowest BCUT2D eigenvalue weighted by Gasteiger charge is -2.31. The summed E-state index contributed by atoms with van der Waals surface area (Å²) < 4.78 is 10.2. The van der Waals surface area contributed by atoms with Gasteiger partial charge in [0.1, 0.15) is 17.5 Å². The number of nitriles is 1. The van der Waals surface area contributed by atoms with Crippen LogP contribution in [0.3, 0.4) is 0 Å². The summed E-state index contributed by atoms with van der Waals surface area (Å²) >= 11 is 0. The Bertz CT molecular complexity index is 699. The monoisotopic (exact) mass is 481 g/mol. The van der Waals surface area contributed by atoms with Crippen LogP contribution in [0, 0.1) is 23.2 Å². The zero-order chi connectivity index (χ0) is 25.9. The smallest absolute Gasteiger partial charge is 0.408 e. The van der Waals surface area contributed by atoms with Crippen molar-refractivity contribution < 1.29 is 29.0 Å². The largest absolute Gasteiger partial charge is 0.444 e. The molecule has 0 bridgehead atoms. The van der Waals surface area contributed by atoms with Crippen LogP contribution < -0.4 is 10.6 Å². The highest BCUT2D eigenvalue weighted by Crippen LogP contribution is 2.31. The maximum atomic E-state index is 11.6. The Morgan fingerprint density at radius 3 is 1.74 bits per heavy atom. The summed E-state index contributed by atoms with van der Waals surface area (Å²) in [6.07, 6.45) is 6.85. The van der Waals surface area contributed by atoms with Crippen molar-refractivity contribution in [3.05, 3.63) is 0 Å². The fourth-order valence-corrected chi connectivity index (χ4v) is 3.60. The second-order valence-electron chi connectivity index (χ2n) is 11.3. The lowest BCUT2D eigenvalue weighted by atomic mass is 9.80. The summed E-state index contributed by atoms with van der Waals surface area (Å²) in [5, 5.41) is 23.5. The number of carbonyl (C=O) groups is 3. The van der Waals surface area contributed by atoms with Gasteiger partial charge in [-0.1, -0.05) is 38.5 Å². The molecule has 2 amide bonds. The number of aliphatic hydroxyl groups is 1. The van der Waals surface area contributed by atoms with Crippen LogP contribution in [0.1, 0.15) is 92.9 Å². The summed E-state index contributed by atoms with van der Waals surface area (Å²) in [4.78, 5) is 33.9. The first-order valence-corrected chi connectivity index (χ1v) is 12.2. The van der Waals surface area contributed by atoms with Gasteiger partial charge in [0.05, 0.1) is 18.2 Å². The van der Waals surface area contributed by atoms with E-state index >= 15 is 0 Å². The molecule has 0 radical (unpaired) electrons. The molecular formula is C25H43N3O6. The summed E-state index contributed by atoms with van der Waals surface area (Å²) in [5.41, 5.74) is -1.10. The number of ether oxygens (including phenoxy) is 2. The van der Waals surface area contributed by atoms with Crippen molar-refractivity contribution in [2.45, 2.75) is 122 Å². The number of carbonyl (C=O) groups excluding carboxylic acids is 3. The fraction of sp³-hybridized carbons (Fsp3) is 0.840. The number of nitrogens with one attached hydrogen (secondary N) is 2. The minimum absolute atomic E-state index is 0.403. The predicted molar refractivity (Wildman–Crippen MR) is 128 cm³/mol. The Morgan fingerprint density at radius 2 is 1.38 bits per heavy atom. The molecule has 194 valence electrons. The molecule has 2 rings (SSSR count). The average Bonchev–Trinajstić information content (AvgIpc) is 2.62. The third kappa shape index (κ3) is 12.8. The molecule has 0 aromatic rings. The highest BCUT2D eigenvalue weighted by Gasteiger charge is 2.29. The van der Waals surface area contributed by atoms with Gasteiger partial charge in [-0.25, -0.2) is 9.59 Å². The van der Waals surface area contributed by atoms with E-state index in [1.165, 1.54) is 25.7 Å². The molecule has 0 aromatic carbocycles. The molecule has 2 aliphatic rings. The topological polar surface area (TPSA) is 138 Å². The molecule has 2 saturated carbocycles. The average molecular weight is 482 g/mol. The second kappa shape index (κ2) is 13.5. The molecule has 34 heavy (non-hydrogen) atoms. The first kappa shape index (κ1) is 29.7. The first-order chi connectivity index (χ1) is 15.7. The zero-order valence-corrected chi connectivity index (χ0v) is 21.6. The molecule has 0 saturated heterocycles. The minimum Gasteiger partial charge on any atom is -0.444 e. The van der Waals surface area contributed by atoms with Gasteiger partial charge >= 0.3 is 12.2 Å². The van der Waals surface area contributed by atoms with Crippen molar-refractivity contribution in [1.82, 2.24) is 10.6 Å². The van der Waals surface area contributed by atoms with E-state index in [0.29, 0.717) is 18.3 Å². The lowest BCUT2D eigenvalue weighted by molar-refractivity contribution is -0.110. The standard InChI is InChI=1S/C13H22N2O3.C12H21NO3/c1-13(2,3)18-12(17)15-10(11(16)8-14)7-9-5-4-6-9;1-12(2,3)16-11(15)13-10(8-14)7-9-5-4-6-9/h9-11,16H,4-7H2,1-3H3,(H,15,17);8-10H,4-7H2,1-3H3,(H,13,15). The fourth-order valence-electron chi connectivity index (χ4n) is 3.60. The Morgan fingerprint density at radius 1 is 0.941 bits per heavy atom. The molecule has 0 aromatic heterocycles. The second-order valence-corrected chi connectivity index (χ2v) is 11.3. The summed E-state index contributed by atoms with van der Waals surface area (Å²) in [7, 11) is 0. The van der Waals surface area contributed by atoms with Crippen molar-refractivity contribution in [1.29, 1.82) is 5.26 Å². The van der Waals surface area contributed by atoms with E-state index in [9.17, 15) is 19.5 Å². The summed E-state index contributed by atoms with van der Waals surface area (Å²) in [6.45, 7) is 10.7. The van der Waals surface area contributed by atoms with E-state index in [2.05, 4.69) is 10.6 Å². The normalized spacial score (nSPS) is 18.9. The maximum Gasteiger partial charge on any atom is 0.408 e. The number of alkyl carbamates (subject to hydrolysis) is 2. The van der Waals surface area contributed by atoms with Crippen molar-refractivity contribution in [3.63, 3.8) is 0 Å². The highest BCUT2D eigenvalue weighted by atomic mass is 16.6. The Hall–Kier alpha value is -2.34. The number of amides is 2. The molecule has 3 unspecified atom stereocenters. The van der Waals surface area contributed by atoms with E-state index in [4.69, 9.17) is 14.7 Å². The van der Waals surface area contributed by atoms with E-state index < -0.39 is 41.6 Å². The molecule has 9 heteroatoms. The molecule has 0 spiro atoms. The van der Waals surface area contributed by atoms with Gasteiger partial charge in [-0.15, -0.1) is 0 Å². The molecule has 3 atom stereocenters. The van der Waals surface area contributed by atoms with E-state index in [1.54, 1.807) is 47.6 Å². The number of hydrogen-bond acceptors (Lipinski definition) is 7. The van der Waals surface area contributed by atoms with Crippen molar-refractivity contribution >= 4 is 18.5 Å². The van der Waals surface area contributed by atoms with Crippen molar-refractivity contribution in [2.75, 3.05) is 0 Å². The molecule has 0 heterocycles. The molecule has 9 nitrogen and oxygen atoms in total. The Kier molecular flexibility index (Phi) is 11.8. The van der Waals surface area contributed by atoms with Gasteiger partial charge in [-0.3, -0.25) is 0 Å². The van der Waals surface area contributed by atoms with Crippen LogP contribution in [0.25, 0.3) is 0 Å². The van der Waals surface area contributed by atoms with Gasteiger partial charge in [-0.2, -0.15) is 5.26 Å². The SMILES string of the molecule is CC(C)(C)OC(=O)NC(C=O)CC1CCC1.CC(C)(C)OC(=O)NC(CC1CCC1)C(O)C#N. The molecular weight excluding hydrogens is 438 g/mol. The van der Waals surface area contributed by atoms with Crippen LogP contribution in [-0.2, 0) is 14.3 Å². The number of rotatable bonds is 8. The van der Waals surface area contributed by atoms with Crippen LogP contribution in [0.4, 0.5) is 9.59 Å². The van der Waals surface area contributed by atoms with Gasteiger partial charge in [0.2, 0.25) is 0 Å². The van der Waals surface area contributed by atoms with Crippen molar-refractivity contribution in [2.24, 2.45) is 11.8 Å². The number of aldehydes is 1. The van der Waals surface area contributed by atoms with E-state index in [0.717, 1.165) is 25.5 Å². The molecule has 2 fully saturated rings. The van der Waals surface area contributed by atoms with Crippen LogP contribution in [0.2, 0.25) is 0 Å². The van der Waals surface area contributed by atoms with Crippen LogP contribution >= 0.6 is 0 Å². The Labute approximate surface area is 203 Å². The third-order valence-electron chi connectivity index (χ3n) is 5.71. The highest BCUT2D eigenvalue weighted by molar-refractivity contribution is 5.73. The van der Waals surface area contributed by atoms with Crippen LogP contribution in [0.15, 0.2) is 0 Å². The lowest BCUT2D eigenvalue weighted by Crippen LogP contribution is -2.46. The number of aliphatic hydroxyl groups excluding tert-OH is 1. The number of nitrogens with zero attached hydrogens (tertiary/aromatic N) is 1. The first-order valence-electron chi connectivity index (χ1n) is 12.2. The van der Waals surface area contributed by atoms with Gasteiger partial charge in [-0.05, 0) is 66.2 Å². The quantitative estimate of drug-likeness (QED) is 0.348. The molecule has 2 aliphatic carbocycles. The minimum atomic E-state index is -1.18. The van der Waals surface area contributed by atoms with Gasteiger partial charge in [0.25, 0.3) is 0 Å². The Balaban J connectivity index is 0.000000342. The van der Waals surface area contributed by atoms with E-state index in [-0.39, 0.29) is 0 Å². The van der Waals surface area contributed by atoms with Crippen molar-refractivity contribution in [3.8, 4) is 6.07 Å². The van der Waals surface area contributed by atoms with E-state index in [1.807, 2.05) is 0 Å². The van der Waals surface area contributed by atoms with Gasteiger partial charge in [0.15, 0.2) is 6.10 Å². The van der Waals surface area contributed by atoms with Gasteiger partial charge < -0.3 is 30.0 Å². The summed E-state index contributed by atoms with van der Waals surface area (Å²) in [6, 6.07) is 0.823. The predicted octanol–water partition coefficient (Wildman–Crippen LogP) is 4.22. The zero-order valence-electron chi connectivity index (χ0n) is 21.6. The third-order valence-corrected chi connectivity index (χ3v) is 5.71.